The first-order chi connectivity index (χ1) is 23.1. The van der Waals surface area contributed by atoms with Gasteiger partial charge in [0, 0.05) is 35.6 Å². The molecule has 1 N–H and O–H groups in total. The monoisotopic (exact) mass is 717 g/mol. The van der Waals surface area contributed by atoms with Gasteiger partial charge in [-0.1, -0.05) is 35.9 Å². The molecule has 1 aliphatic heterocycles. The highest BCUT2D eigenvalue weighted by molar-refractivity contribution is 7.90. The van der Waals surface area contributed by atoms with E-state index < -0.39 is 45.8 Å². The number of imidazole rings is 1. The molecule has 10 nitrogen and oxygen atoms in total. The molecule has 3 aromatic carbocycles. The molecule has 1 fully saturated rings. The van der Waals surface area contributed by atoms with Crippen molar-refractivity contribution in [1.29, 1.82) is 5.26 Å². The van der Waals surface area contributed by atoms with E-state index in [2.05, 4.69) is 14.7 Å². The van der Waals surface area contributed by atoms with E-state index >= 15 is 0 Å². The van der Waals surface area contributed by atoms with Crippen LogP contribution in [0.4, 0.5) is 23.2 Å². The minimum Gasteiger partial charge on any atom is -0.420 e. The number of H-pyrrole nitrogens is 1. The van der Waals surface area contributed by atoms with Crippen molar-refractivity contribution < 1.29 is 40.3 Å². The van der Waals surface area contributed by atoms with Crippen molar-refractivity contribution in [2.45, 2.75) is 31.1 Å². The van der Waals surface area contributed by atoms with Crippen LogP contribution in [-0.4, -0.2) is 72.5 Å². The molecular formula is C33H28ClF4N5O5S. The fraction of sp³-hybridized carbons (Fsp3) is 0.273. The van der Waals surface area contributed by atoms with Crippen LogP contribution in [-0.2, 0) is 25.8 Å². The molecule has 4 aromatic rings. The summed E-state index contributed by atoms with van der Waals surface area (Å²) < 4.78 is 82.4. The lowest BCUT2D eigenvalue weighted by Crippen LogP contribution is -2.58. The van der Waals surface area contributed by atoms with Gasteiger partial charge >= 0.3 is 12.1 Å². The Balaban J connectivity index is 1.52. The molecule has 0 aliphatic carbocycles. The van der Waals surface area contributed by atoms with Gasteiger partial charge in [-0.15, -0.1) is 0 Å². The maximum Gasteiger partial charge on any atom is 0.491 e. The third kappa shape index (κ3) is 8.63. The molecule has 1 amide bonds. The number of esters is 1. The van der Waals surface area contributed by atoms with Crippen LogP contribution in [0.3, 0.4) is 0 Å². The number of nitrogens with one attached hydrogen (secondary N) is 1. The van der Waals surface area contributed by atoms with Crippen molar-refractivity contribution in [1.82, 2.24) is 14.9 Å². The largest absolute Gasteiger partial charge is 0.491 e. The Bertz CT molecular complexity index is 2020. The molecule has 0 spiro atoms. The molecule has 1 aromatic heterocycles. The number of hydrogen-bond acceptors (Lipinski definition) is 8. The Kier molecular flexibility index (Phi) is 10.4. The zero-order valence-corrected chi connectivity index (χ0v) is 27.3. The van der Waals surface area contributed by atoms with Crippen molar-refractivity contribution in [3.05, 3.63) is 101 Å². The summed E-state index contributed by atoms with van der Waals surface area (Å²) in [6.45, 7) is -0.233. The summed E-state index contributed by atoms with van der Waals surface area (Å²) in [7, 11) is -3.45. The molecule has 0 radical (unpaired) electrons. The Morgan fingerprint density at radius 1 is 1.18 bits per heavy atom. The van der Waals surface area contributed by atoms with Gasteiger partial charge in [0.25, 0.3) is 0 Å². The van der Waals surface area contributed by atoms with Gasteiger partial charge in [-0.25, -0.2) is 22.6 Å². The van der Waals surface area contributed by atoms with Gasteiger partial charge in [0.2, 0.25) is 5.91 Å². The van der Waals surface area contributed by atoms with Crippen molar-refractivity contribution >= 4 is 39.0 Å². The zero-order valence-electron chi connectivity index (χ0n) is 25.7. The molecule has 1 aliphatic rings. The fourth-order valence-electron chi connectivity index (χ4n) is 5.71. The molecule has 256 valence electrons. The molecule has 1 unspecified atom stereocenters. The number of carbonyl (C=O) groups is 2. The Morgan fingerprint density at radius 3 is 2.61 bits per heavy atom. The first kappa shape index (κ1) is 35.5. The van der Waals surface area contributed by atoms with Gasteiger partial charge in [0.1, 0.15) is 27.5 Å². The zero-order chi connectivity index (χ0) is 35.5. The predicted molar refractivity (Wildman–Crippen MR) is 172 cm³/mol. The number of hydrogen-bond donors (Lipinski definition) is 1. The van der Waals surface area contributed by atoms with Crippen molar-refractivity contribution in [2.24, 2.45) is 0 Å². The Labute approximate surface area is 283 Å². The van der Waals surface area contributed by atoms with Crippen molar-refractivity contribution in [3.8, 4) is 22.9 Å². The SMILES string of the molecule is CS(=O)(=O)CCC1CN(c2cc(Cl)ccc2-c2cccc(OC(=O)C(F)(F)F)c2)C(=O)CN1[C@@H](Cc1ccc(C#N)c(F)c1)c1cnc[nH]1. The summed E-state index contributed by atoms with van der Waals surface area (Å²) in [4.78, 5) is 35.9. The van der Waals surface area contributed by atoms with Crippen LogP contribution < -0.4 is 9.64 Å². The van der Waals surface area contributed by atoms with E-state index in [1.165, 1.54) is 53.7 Å². The number of sulfone groups is 1. The molecule has 2 atom stereocenters. The summed E-state index contributed by atoms with van der Waals surface area (Å²) in [5, 5.41) is 9.42. The van der Waals surface area contributed by atoms with E-state index in [0.29, 0.717) is 28.1 Å². The van der Waals surface area contributed by atoms with Crippen LogP contribution in [0.1, 0.15) is 29.3 Å². The van der Waals surface area contributed by atoms with Gasteiger partial charge in [0.05, 0.1) is 41.6 Å². The van der Waals surface area contributed by atoms with E-state index in [4.69, 9.17) is 16.9 Å². The molecule has 1 saturated heterocycles. The van der Waals surface area contributed by atoms with Gasteiger partial charge in [-0.2, -0.15) is 18.4 Å². The maximum absolute atomic E-state index is 14.6. The number of halogens is 5. The second kappa shape index (κ2) is 14.4. The number of ether oxygens (including phenoxy) is 1. The van der Waals surface area contributed by atoms with Crippen molar-refractivity contribution in [3.63, 3.8) is 0 Å². The van der Waals surface area contributed by atoms with Gasteiger partial charge < -0.3 is 14.6 Å². The molecule has 5 rings (SSSR count). The third-order valence-corrected chi connectivity index (χ3v) is 9.21. The number of amides is 1. The number of aromatic amines is 1. The molecule has 16 heteroatoms. The average Bonchev–Trinajstić information content (AvgIpc) is 3.57. The van der Waals surface area contributed by atoms with Crippen molar-refractivity contribution in [2.75, 3.05) is 30.0 Å². The van der Waals surface area contributed by atoms with Crippen LogP contribution >= 0.6 is 11.6 Å². The summed E-state index contributed by atoms with van der Waals surface area (Å²) in [6, 6.07) is 14.8. The highest BCUT2D eigenvalue weighted by Gasteiger charge is 2.42. The van der Waals surface area contributed by atoms with Crippen LogP contribution in [0.5, 0.6) is 5.75 Å². The number of alkyl halides is 3. The second-order valence-electron chi connectivity index (χ2n) is 11.5. The van der Waals surface area contributed by atoms with E-state index in [0.717, 1.165) is 6.26 Å². The predicted octanol–water partition coefficient (Wildman–Crippen LogP) is 5.64. The first-order valence-electron chi connectivity index (χ1n) is 14.7. The standard InChI is InChI=1S/C33H28ClF4N5O5S/c1-49(46,47)10-9-24-17-43(29-14-23(34)7-8-26(29)21-3-2-4-25(13-21)48-32(45)33(36,37)38)31(44)18-42(24)30(28-16-40-19-41-28)12-20-5-6-22(15-39)27(35)11-20/h2-8,11,13-14,16,19,24,30H,9-10,12,17-18H2,1H3,(H,40,41)/t24?,30-/m0/s1. The Hall–Kier alpha value is -4.78. The topological polar surface area (TPSA) is 136 Å². The highest BCUT2D eigenvalue weighted by atomic mass is 35.5. The second-order valence-corrected chi connectivity index (χ2v) is 14.2. The van der Waals surface area contributed by atoms with E-state index in [9.17, 15) is 35.6 Å². The Morgan fingerprint density at radius 2 is 1.96 bits per heavy atom. The lowest BCUT2D eigenvalue weighted by atomic mass is 9.96. The number of nitrogens with zero attached hydrogens (tertiary/aromatic N) is 4. The average molecular weight is 718 g/mol. The lowest BCUT2D eigenvalue weighted by Gasteiger charge is -2.45. The van der Waals surface area contributed by atoms with Gasteiger partial charge in [0.15, 0.2) is 0 Å². The third-order valence-electron chi connectivity index (χ3n) is 8.00. The van der Waals surface area contributed by atoms with E-state index in [-0.39, 0.29) is 48.0 Å². The number of anilines is 1. The minimum absolute atomic E-state index is 0.0170. The fourth-order valence-corrected chi connectivity index (χ4v) is 6.58. The van der Waals surface area contributed by atoms with Gasteiger partial charge in [-0.05, 0) is 60.4 Å². The summed E-state index contributed by atoms with van der Waals surface area (Å²) in [5.74, 6) is -4.09. The van der Waals surface area contributed by atoms with Gasteiger partial charge in [-0.3, -0.25) is 9.69 Å². The number of carbonyl (C=O) groups excluding carboxylic acids is 2. The molecule has 0 saturated carbocycles. The smallest absolute Gasteiger partial charge is 0.420 e. The first-order valence-corrected chi connectivity index (χ1v) is 17.2. The summed E-state index contributed by atoms with van der Waals surface area (Å²) >= 11 is 6.37. The molecule has 0 bridgehead atoms. The normalized spacial score (nSPS) is 16.3. The maximum atomic E-state index is 14.6. The van der Waals surface area contributed by atoms with Crippen LogP contribution in [0, 0.1) is 17.1 Å². The highest BCUT2D eigenvalue weighted by Crippen LogP contribution is 2.38. The number of rotatable bonds is 10. The van der Waals surface area contributed by atoms with Crippen LogP contribution in [0.2, 0.25) is 5.02 Å². The number of nitriles is 1. The number of aromatic nitrogens is 2. The number of piperazine rings is 1. The molecular weight excluding hydrogens is 690 g/mol. The quantitative estimate of drug-likeness (QED) is 0.126. The number of benzene rings is 3. The summed E-state index contributed by atoms with van der Waals surface area (Å²) in [5.41, 5.74) is 1.99. The molecule has 49 heavy (non-hydrogen) atoms. The van der Waals surface area contributed by atoms with E-state index in [1.54, 1.807) is 30.5 Å². The lowest BCUT2D eigenvalue weighted by molar-refractivity contribution is -0.189. The van der Waals surface area contributed by atoms with E-state index in [1.807, 2.05) is 4.90 Å². The van der Waals surface area contributed by atoms with Crippen LogP contribution in [0.15, 0.2) is 73.2 Å². The van der Waals surface area contributed by atoms with Crippen LogP contribution in [0.25, 0.3) is 11.1 Å². The summed E-state index contributed by atoms with van der Waals surface area (Å²) in [6.07, 6.45) is -0.820. The minimum atomic E-state index is -5.21. The molecule has 2 heterocycles.